The molecule has 24 heavy (non-hydrogen) atoms. The van der Waals surface area contributed by atoms with Crippen molar-refractivity contribution in [3.63, 3.8) is 0 Å². The predicted molar refractivity (Wildman–Crippen MR) is 93.1 cm³/mol. The number of fused-ring (bicyclic) bond motifs is 1. The molecule has 0 aliphatic rings. The Bertz CT molecular complexity index is 896. The number of pyridine rings is 1. The van der Waals surface area contributed by atoms with Crippen molar-refractivity contribution in [2.24, 2.45) is 0 Å². The van der Waals surface area contributed by atoms with E-state index in [1.807, 2.05) is 18.2 Å². The molecule has 6 nitrogen and oxygen atoms in total. The van der Waals surface area contributed by atoms with E-state index in [0.717, 1.165) is 29.7 Å². The van der Waals surface area contributed by atoms with Gasteiger partial charge in [0.2, 0.25) is 5.91 Å². The number of hydrogen-bond acceptors (Lipinski definition) is 3. The van der Waals surface area contributed by atoms with Crippen molar-refractivity contribution in [2.45, 2.75) is 19.4 Å². The van der Waals surface area contributed by atoms with Gasteiger partial charge in [-0.3, -0.25) is 9.59 Å². The Kier molecular flexibility index (Phi) is 4.96. The summed E-state index contributed by atoms with van der Waals surface area (Å²) in [4.78, 5) is 30.6. The van der Waals surface area contributed by atoms with Gasteiger partial charge in [0.05, 0.1) is 11.0 Å². The van der Waals surface area contributed by atoms with Crippen LogP contribution in [0.15, 0.2) is 47.5 Å². The van der Waals surface area contributed by atoms with Gasteiger partial charge in [0.15, 0.2) is 5.43 Å². The molecule has 3 aromatic rings. The number of hydrogen-bond donors (Lipinski definition) is 2. The maximum absolute atomic E-state index is 11.8. The van der Waals surface area contributed by atoms with Gasteiger partial charge in [-0.05, 0) is 24.6 Å². The number of H-pyrrole nitrogens is 1. The first-order valence-electron chi connectivity index (χ1n) is 7.67. The van der Waals surface area contributed by atoms with Gasteiger partial charge in [0.25, 0.3) is 0 Å². The van der Waals surface area contributed by atoms with Gasteiger partial charge in [-0.1, -0.05) is 11.6 Å². The molecule has 2 aromatic heterocycles. The van der Waals surface area contributed by atoms with E-state index >= 15 is 0 Å². The number of halogens is 1. The van der Waals surface area contributed by atoms with Crippen LogP contribution in [0.3, 0.4) is 0 Å². The molecular formula is C17H17ClN4O2. The van der Waals surface area contributed by atoms with Crippen LogP contribution in [-0.2, 0) is 17.8 Å². The highest BCUT2D eigenvalue weighted by Crippen LogP contribution is 2.17. The summed E-state index contributed by atoms with van der Waals surface area (Å²) in [6.07, 6.45) is 4.72. The first-order valence-corrected chi connectivity index (χ1v) is 8.05. The average Bonchev–Trinajstić information content (AvgIpc) is 2.95. The topological polar surface area (TPSA) is 79.8 Å². The molecule has 2 heterocycles. The summed E-state index contributed by atoms with van der Waals surface area (Å²) in [6.45, 7) is 0.764. The van der Waals surface area contributed by atoms with E-state index in [4.69, 9.17) is 11.6 Å². The van der Waals surface area contributed by atoms with Gasteiger partial charge < -0.3 is 14.9 Å². The van der Waals surface area contributed by atoms with Gasteiger partial charge in [0, 0.05) is 42.5 Å². The lowest BCUT2D eigenvalue weighted by atomic mass is 10.3. The minimum absolute atomic E-state index is 0.0706. The van der Waals surface area contributed by atoms with Crippen LogP contribution < -0.4 is 10.7 Å². The molecule has 0 fully saturated rings. The summed E-state index contributed by atoms with van der Waals surface area (Å²) in [7, 11) is 0. The van der Waals surface area contributed by atoms with Gasteiger partial charge in [-0.2, -0.15) is 0 Å². The number of aryl methyl sites for hydroxylation is 1. The highest BCUT2D eigenvalue weighted by atomic mass is 35.5. The molecule has 0 bridgehead atoms. The summed E-state index contributed by atoms with van der Waals surface area (Å²) >= 11 is 5.95. The number of benzene rings is 1. The standard InChI is InChI=1S/C17H17ClN4O2/c18-12-3-4-14-15(10-12)21-16(20-14)2-1-7-19-17(24)11-22-8-5-13(23)6-9-22/h3-6,8-10H,1-2,7,11H2,(H,19,24)(H,20,21). The number of aromatic amines is 1. The monoisotopic (exact) mass is 344 g/mol. The van der Waals surface area contributed by atoms with Gasteiger partial charge >= 0.3 is 0 Å². The van der Waals surface area contributed by atoms with Crippen LogP contribution in [0.1, 0.15) is 12.2 Å². The highest BCUT2D eigenvalue weighted by molar-refractivity contribution is 6.31. The number of imidazole rings is 1. The number of nitrogens with zero attached hydrogens (tertiary/aromatic N) is 2. The van der Waals surface area contributed by atoms with Crippen LogP contribution in [0, 0.1) is 0 Å². The second kappa shape index (κ2) is 7.31. The number of rotatable bonds is 6. The van der Waals surface area contributed by atoms with Crippen molar-refractivity contribution in [2.75, 3.05) is 6.54 Å². The highest BCUT2D eigenvalue weighted by Gasteiger charge is 2.04. The second-order valence-electron chi connectivity index (χ2n) is 5.50. The normalized spacial score (nSPS) is 10.9. The van der Waals surface area contributed by atoms with Crippen molar-refractivity contribution < 1.29 is 4.79 Å². The van der Waals surface area contributed by atoms with E-state index in [1.54, 1.807) is 17.0 Å². The third-order valence-corrected chi connectivity index (χ3v) is 3.83. The van der Waals surface area contributed by atoms with Gasteiger partial charge in [-0.25, -0.2) is 4.98 Å². The smallest absolute Gasteiger partial charge is 0.239 e. The molecule has 3 rings (SSSR count). The Morgan fingerprint density at radius 3 is 2.83 bits per heavy atom. The van der Waals surface area contributed by atoms with Gasteiger partial charge in [0.1, 0.15) is 12.4 Å². The minimum atomic E-state index is -0.0879. The van der Waals surface area contributed by atoms with Crippen molar-refractivity contribution >= 4 is 28.5 Å². The van der Waals surface area contributed by atoms with Crippen LogP contribution in [-0.4, -0.2) is 27.0 Å². The third kappa shape index (κ3) is 4.23. The van der Waals surface area contributed by atoms with Crippen molar-refractivity contribution in [3.8, 4) is 0 Å². The molecule has 0 unspecified atom stereocenters. The largest absolute Gasteiger partial charge is 0.355 e. The molecule has 0 aliphatic heterocycles. The number of carbonyl (C=O) groups is 1. The van der Waals surface area contributed by atoms with Crippen molar-refractivity contribution in [1.82, 2.24) is 19.9 Å². The zero-order chi connectivity index (χ0) is 16.9. The summed E-state index contributed by atoms with van der Waals surface area (Å²) in [5.74, 6) is 0.789. The summed E-state index contributed by atoms with van der Waals surface area (Å²) in [6, 6.07) is 8.40. The Morgan fingerprint density at radius 2 is 2.04 bits per heavy atom. The number of amides is 1. The lowest BCUT2D eigenvalue weighted by molar-refractivity contribution is -0.121. The molecule has 2 N–H and O–H groups in total. The Labute approximate surface area is 143 Å². The van der Waals surface area contributed by atoms with Crippen LogP contribution in [0.25, 0.3) is 11.0 Å². The molecule has 7 heteroatoms. The Hall–Kier alpha value is -2.60. The van der Waals surface area contributed by atoms with Gasteiger partial charge in [-0.15, -0.1) is 0 Å². The summed E-state index contributed by atoms with van der Waals surface area (Å²) in [5, 5.41) is 3.53. The second-order valence-corrected chi connectivity index (χ2v) is 5.94. The first kappa shape index (κ1) is 16.3. The molecule has 0 aliphatic carbocycles. The summed E-state index contributed by atoms with van der Waals surface area (Å²) < 4.78 is 1.67. The fourth-order valence-electron chi connectivity index (χ4n) is 2.41. The molecule has 0 atom stereocenters. The predicted octanol–water partition coefficient (Wildman–Crippen LogP) is 2.13. The molecular weight excluding hydrogens is 328 g/mol. The lowest BCUT2D eigenvalue weighted by Crippen LogP contribution is -2.28. The fraction of sp³-hybridized carbons (Fsp3) is 0.235. The maximum atomic E-state index is 11.8. The van der Waals surface area contributed by atoms with E-state index < -0.39 is 0 Å². The average molecular weight is 345 g/mol. The lowest BCUT2D eigenvalue weighted by Gasteiger charge is -2.07. The SMILES string of the molecule is O=C(Cn1ccc(=O)cc1)NCCCc1nc2ccc(Cl)cc2[nH]1. The van der Waals surface area contributed by atoms with E-state index in [9.17, 15) is 9.59 Å². The first-order chi connectivity index (χ1) is 11.6. The van der Waals surface area contributed by atoms with E-state index in [2.05, 4.69) is 15.3 Å². The molecule has 0 saturated carbocycles. The van der Waals surface area contributed by atoms with E-state index in [0.29, 0.717) is 11.6 Å². The van der Waals surface area contributed by atoms with E-state index in [1.165, 1.54) is 12.1 Å². The summed E-state index contributed by atoms with van der Waals surface area (Å²) in [5.41, 5.74) is 1.73. The van der Waals surface area contributed by atoms with Crippen LogP contribution >= 0.6 is 11.6 Å². The number of aromatic nitrogens is 3. The zero-order valence-corrected chi connectivity index (χ0v) is 13.7. The van der Waals surface area contributed by atoms with E-state index in [-0.39, 0.29) is 17.9 Å². The van der Waals surface area contributed by atoms with Crippen LogP contribution in [0.2, 0.25) is 5.02 Å². The number of nitrogens with one attached hydrogen (secondary N) is 2. The van der Waals surface area contributed by atoms with Crippen molar-refractivity contribution in [3.05, 3.63) is 63.8 Å². The fourth-order valence-corrected chi connectivity index (χ4v) is 2.58. The molecule has 1 amide bonds. The molecule has 0 spiro atoms. The minimum Gasteiger partial charge on any atom is -0.355 e. The molecule has 0 saturated heterocycles. The zero-order valence-electron chi connectivity index (χ0n) is 13.0. The molecule has 124 valence electrons. The van der Waals surface area contributed by atoms with Crippen LogP contribution in [0.4, 0.5) is 0 Å². The maximum Gasteiger partial charge on any atom is 0.239 e. The quantitative estimate of drug-likeness (QED) is 0.672. The molecule has 0 radical (unpaired) electrons. The third-order valence-electron chi connectivity index (χ3n) is 3.59. The van der Waals surface area contributed by atoms with Crippen LogP contribution in [0.5, 0.6) is 0 Å². The molecule has 1 aromatic carbocycles. The Morgan fingerprint density at radius 1 is 1.25 bits per heavy atom. The van der Waals surface area contributed by atoms with Crippen molar-refractivity contribution in [1.29, 1.82) is 0 Å². The Balaban J connectivity index is 1.44. The number of carbonyl (C=O) groups excluding carboxylic acids is 1.